The molecule has 62 valence electrons. The van der Waals surface area contributed by atoms with Gasteiger partial charge in [0.2, 0.25) is 6.08 Å². The molecule has 0 atom stereocenters. The topological polar surface area (TPSA) is 38.7 Å². The van der Waals surface area contributed by atoms with Crippen molar-refractivity contribution in [1.82, 2.24) is 0 Å². The lowest BCUT2D eigenvalue weighted by atomic mass is 10.3. The van der Waals surface area contributed by atoms with Crippen molar-refractivity contribution < 1.29 is 9.53 Å². The van der Waals surface area contributed by atoms with Gasteiger partial charge in [-0.15, -0.1) is 0 Å². The van der Waals surface area contributed by atoms with Crippen LogP contribution in [0.2, 0.25) is 0 Å². The number of aliphatic imine (C=N–C) groups is 1. The molecule has 0 aromatic rings. The van der Waals surface area contributed by atoms with Crippen molar-refractivity contribution in [2.24, 2.45) is 4.99 Å². The highest BCUT2D eigenvalue weighted by Crippen LogP contribution is 1.97. The molecule has 0 amide bonds. The van der Waals surface area contributed by atoms with Crippen LogP contribution in [0.5, 0.6) is 0 Å². The molecular weight excluding hydrogens is 142 g/mol. The molecule has 0 bridgehead atoms. The molecule has 0 spiro atoms. The Kier molecular flexibility index (Phi) is 6.34. The van der Waals surface area contributed by atoms with E-state index in [-0.39, 0.29) is 0 Å². The molecule has 0 aliphatic rings. The molecule has 0 unspecified atom stereocenters. The summed E-state index contributed by atoms with van der Waals surface area (Å²) in [5, 5.41) is 0. The summed E-state index contributed by atoms with van der Waals surface area (Å²) in [5.74, 6) is 0. The smallest absolute Gasteiger partial charge is 0.235 e. The first kappa shape index (κ1) is 9.92. The average molecular weight is 155 g/mol. The van der Waals surface area contributed by atoms with Crippen molar-refractivity contribution in [3.05, 3.63) is 11.8 Å². The van der Waals surface area contributed by atoms with E-state index in [4.69, 9.17) is 4.74 Å². The molecule has 0 N–H and O–H groups in total. The molecule has 11 heavy (non-hydrogen) atoms. The van der Waals surface area contributed by atoms with Crippen molar-refractivity contribution in [3.63, 3.8) is 0 Å². The molecule has 0 saturated heterocycles. The summed E-state index contributed by atoms with van der Waals surface area (Å²) in [5.41, 5.74) is 1.18. The number of allylic oxidation sites excluding steroid dienone is 1. The fraction of sp³-hybridized carbons (Fsp3) is 0.625. The summed E-state index contributed by atoms with van der Waals surface area (Å²) >= 11 is 0. The van der Waals surface area contributed by atoms with E-state index in [1.807, 2.05) is 6.92 Å². The molecule has 0 saturated carbocycles. The maximum Gasteiger partial charge on any atom is 0.235 e. The Morgan fingerprint density at radius 1 is 1.73 bits per heavy atom. The molecule has 0 aliphatic heterocycles. The second kappa shape index (κ2) is 7.03. The van der Waals surface area contributed by atoms with Crippen LogP contribution >= 0.6 is 0 Å². The fourth-order valence-corrected chi connectivity index (χ4v) is 0.429. The fourth-order valence-electron chi connectivity index (χ4n) is 0.429. The number of rotatable bonds is 5. The van der Waals surface area contributed by atoms with E-state index in [0.29, 0.717) is 13.2 Å². The van der Waals surface area contributed by atoms with Gasteiger partial charge in [-0.2, -0.15) is 0 Å². The number of carbonyl (C=O) groups excluding carboxylic acids is 1. The third-order valence-electron chi connectivity index (χ3n) is 1.23. The number of hydrogen-bond donors (Lipinski definition) is 0. The number of hydrogen-bond acceptors (Lipinski definition) is 3. The molecule has 0 heterocycles. The van der Waals surface area contributed by atoms with E-state index in [0.717, 1.165) is 6.42 Å². The van der Waals surface area contributed by atoms with Crippen LogP contribution < -0.4 is 0 Å². The first-order valence-electron chi connectivity index (χ1n) is 3.62. The molecule has 0 rings (SSSR count). The van der Waals surface area contributed by atoms with Gasteiger partial charge in [0.1, 0.15) is 6.61 Å². The average Bonchev–Trinajstić information content (AvgIpc) is 2.04. The van der Waals surface area contributed by atoms with Crippen molar-refractivity contribution in [2.75, 3.05) is 13.2 Å². The van der Waals surface area contributed by atoms with Gasteiger partial charge >= 0.3 is 0 Å². The zero-order valence-corrected chi connectivity index (χ0v) is 6.96. The minimum Gasteiger partial charge on any atom is -0.499 e. The van der Waals surface area contributed by atoms with Gasteiger partial charge < -0.3 is 4.74 Å². The van der Waals surface area contributed by atoms with Crippen LogP contribution in [0.4, 0.5) is 0 Å². The highest BCUT2D eigenvalue weighted by Gasteiger charge is 1.83. The summed E-state index contributed by atoms with van der Waals surface area (Å²) in [4.78, 5) is 12.9. The van der Waals surface area contributed by atoms with E-state index in [1.54, 1.807) is 6.26 Å². The summed E-state index contributed by atoms with van der Waals surface area (Å²) < 4.78 is 5.05. The van der Waals surface area contributed by atoms with Gasteiger partial charge in [-0.25, -0.2) is 9.79 Å². The molecule has 0 aromatic heterocycles. The van der Waals surface area contributed by atoms with Gasteiger partial charge in [0, 0.05) is 0 Å². The van der Waals surface area contributed by atoms with Gasteiger partial charge in [0.05, 0.1) is 12.8 Å². The lowest BCUT2D eigenvalue weighted by molar-refractivity contribution is 0.256. The molecule has 0 radical (unpaired) electrons. The van der Waals surface area contributed by atoms with Gasteiger partial charge in [-0.05, 0) is 18.9 Å². The lowest BCUT2D eigenvalue weighted by Crippen LogP contribution is -1.92. The van der Waals surface area contributed by atoms with Crippen molar-refractivity contribution in [2.45, 2.75) is 20.3 Å². The van der Waals surface area contributed by atoms with Crippen LogP contribution in [-0.2, 0) is 9.53 Å². The highest BCUT2D eigenvalue weighted by molar-refractivity contribution is 5.32. The Balaban J connectivity index is 3.33. The van der Waals surface area contributed by atoms with Crippen LogP contribution in [0.25, 0.3) is 0 Å². The quantitative estimate of drug-likeness (QED) is 0.262. The molecule has 0 aliphatic carbocycles. The van der Waals surface area contributed by atoms with Crippen LogP contribution in [0, 0.1) is 0 Å². The third-order valence-corrected chi connectivity index (χ3v) is 1.23. The molecule has 3 nitrogen and oxygen atoms in total. The normalized spacial score (nSPS) is 10.5. The first-order chi connectivity index (χ1) is 5.31. The van der Waals surface area contributed by atoms with E-state index >= 15 is 0 Å². The predicted octanol–water partition coefficient (Wildman–Crippen LogP) is 1.65. The van der Waals surface area contributed by atoms with E-state index in [2.05, 4.69) is 11.9 Å². The number of isocyanates is 1. The summed E-state index contributed by atoms with van der Waals surface area (Å²) in [7, 11) is 0. The summed E-state index contributed by atoms with van der Waals surface area (Å²) in [6.45, 7) is 4.88. The third kappa shape index (κ3) is 6.81. The summed E-state index contributed by atoms with van der Waals surface area (Å²) in [6, 6.07) is 0. The van der Waals surface area contributed by atoms with E-state index in [9.17, 15) is 4.79 Å². The standard InChI is InChI=1S/C8H13NO2/c1-3-8(2)6-11-5-4-9-7-10/h6H,3-5H2,1-2H3. The predicted molar refractivity (Wildman–Crippen MR) is 43.0 cm³/mol. The minimum atomic E-state index is 0.386. The SMILES string of the molecule is CCC(C)=COCCN=C=O. The zero-order chi connectivity index (χ0) is 8.53. The van der Waals surface area contributed by atoms with E-state index < -0.39 is 0 Å². The van der Waals surface area contributed by atoms with Crippen molar-refractivity contribution in [3.8, 4) is 0 Å². The van der Waals surface area contributed by atoms with Gasteiger partial charge in [0.15, 0.2) is 0 Å². The van der Waals surface area contributed by atoms with Gasteiger partial charge in [-0.3, -0.25) is 0 Å². The van der Waals surface area contributed by atoms with Crippen molar-refractivity contribution >= 4 is 6.08 Å². The Bertz CT molecular complexity index is 169. The lowest BCUT2D eigenvalue weighted by Gasteiger charge is -1.97. The van der Waals surface area contributed by atoms with Crippen LogP contribution in [0.3, 0.4) is 0 Å². The van der Waals surface area contributed by atoms with Gasteiger partial charge in [0.25, 0.3) is 0 Å². The molecule has 0 aromatic carbocycles. The Labute approximate surface area is 66.8 Å². The summed E-state index contributed by atoms with van der Waals surface area (Å²) in [6.07, 6.45) is 4.12. The maximum atomic E-state index is 9.60. The van der Waals surface area contributed by atoms with Crippen LogP contribution in [0.1, 0.15) is 20.3 Å². The molecular formula is C8H13NO2. The first-order valence-corrected chi connectivity index (χ1v) is 3.62. The van der Waals surface area contributed by atoms with E-state index in [1.165, 1.54) is 11.7 Å². The minimum absolute atomic E-state index is 0.386. The second-order valence-corrected chi connectivity index (χ2v) is 2.16. The largest absolute Gasteiger partial charge is 0.499 e. The Morgan fingerprint density at radius 3 is 3.00 bits per heavy atom. The molecule has 0 fully saturated rings. The Morgan fingerprint density at radius 2 is 2.45 bits per heavy atom. The zero-order valence-electron chi connectivity index (χ0n) is 6.96. The molecule has 3 heteroatoms. The second-order valence-electron chi connectivity index (χ2n) is 2.16. The van der Waals surface area contributed by atoms with Crippen molar-refractivity contribution in [1.29, 1.82) is 0 Å². The highest BCUT2D eigenvalue weighted by atomic mass is 16.5. The number of ether oxygens (including phenoxy) is 1. The van der Waals surface area contributed by atoms with Crippen LogP contribution in [-0.4, -0.2) is 19.2 Å². The maximum absolute atomic E-state index is 9.60. The number of nitrogens with zero attached hydrogens (tertiary/aromatic N) is 1. The monoisotopic (exact) mass is 155 g/mol. The van der Waals surface area contributed by atoms with Gasteiger partial charge in [-0.1, -0.05) is 6.92 Å². The van der Waals surface area contributed by atoms with Crippen LogP contribution in [0.15, 0.2) is 16.8 Å². The Hall–Kier alpha value is -1.08.